The Morgan fingerprint density at radius 1 is 1.03 bits per heavy atom. The Labute approximate surface area is 173 Å². The summed E-state index contributed by atoms with van der Waals surface area (Å²) >= 11 is 6.25. The SMILES string of the molecule is CCCN1C(=O)C(=O)N(CC(=O)c2cc(C)n(Cc3ccccc3Cl)c2C)C1=O. The number of halogens is 1. The monoisotopic (exact) mass is 415 g/mol. The minimum Gasteiger partial charge on any atom is -0.344 e. The van der Waals surface area contributed by atoms with Crippen LogP contribution in [0.25, 0.3) is 0 Å². The van der Waals surface area contributed by atoms with Crippen molar-refractivity contribution in [3.05, 3.63) is 57.9 Å². The summed E-state index contributed by atoms with van der Waals surface area (Å²) in [5.41, 5.74) is 2.90. The number of nitrogens with zero attached hydrogens (tertiary/aromatic N) is 3. The molecule has 2 aromatic rings. The molecule has 0 N–H and O–H groups in total. The molecule has 1 aromatic carbocycles. The van der Waals surface area contributed by atoms with Gasteiger partial charge in [0.15, 0.2) is 5.78 Å². The van der Waals surface area contributed by atoms with E-state index in [-0.39, 0.29) is 6.54 Å². The van der Waals surface area contributed by atoms with Crippen molar-refractivity contribution in [3.8, 4) is 0 Å². The Bertz CT molecular complexity index is 1010. The summed E-state index contributed by atoms with van der Waals surface area (Å²) in [4.78, 5) is 50.9. The van der Waals surface area contributed by atoms with E-state index in [1.807, 2.05) is 29.7 Å². The molecule has 0 spiro atoms. The number of carbonyl (C=O) groups is 4. The Balaban J connectivity index is 1.82. The van der Waals surface area contributed by atoms with Gasteiger partial charge >= 0.3 is 17.8 Å². The van der Waals surface area contributed by atoms with Crippen LogP contribution in [0.5, 0.6) is 0 Å². The average Bonchev–Trinajstić information content (AvgIpc) is 3.07. The van der Waals surface area contributed by atoms with Crippen LogP contribution in [-0.2, 0) is 16.1 Å². The predicted octanol–water partition coefficient (Wildman–Crippen LogP) is 3.19. The zero-order valence-electron chi connectivity index (χ0n) is 16.6. The lowest BCUT2D eigenvalue weighted by Gasteiger charge is -2.14. The lowest BCUT2D eigenvalue weighted by Crippen LogP contribution is -2.37. The van der Waals surface area contributed by atoms with E-state index in [0.717, 1.165) is 21.1 Å². The fourth-order valence-electron chi connectivity index (χ4n) is 3.46. The molecule has 1 aliphatic heterocycles. The van der Waals surface area contributed by atoms with Crippen molar-refractivity contribution in [2.75, 3.05) is 13.1 Å². The molecule has 1 aromatic heterocycles. The van der Waals surface area contributed by atoms with Gasteiger partial charge in [0, 0.05) is 35.1 Å². The van der Waals surface area contributed by atoms with Crippen molar-refractivity contribution in [3.63, 3.8) is 0 Å². The first-order valence-corrected chi connectivity index (χ1v) is 9.74. The number of hydrogen-bond acceptors (Lipinski definition) is 4. The highest BCUT2D eigenvalue weighted by molar-refractivity contribution is 6.45. The minimum absolute atomic E-state index is 0.153. The summed E-state index contributed by atoms with van der Waals surface area (Å²) in [6, 6.07) is 8.46. The molecule has 1 aliphatic rings. The number of aryl methyl sites for hydroxylation is 1. The van der Waals surface area contributed by atoms with Crippen molar-refractivity contribution in [2.45, 2.75) is 33.7 Å². The maximum Gasteiger partial charge on any atom is 0.334 e. The number of benzene rings is 1. The molecule has 0 unspecified atom stereocenters. The molecule has 7 nitrogen and oxygen atoms in total. The van der Waals surface area contributed by atoms with Gasteiger partial charge in [0.2, 0.25) is 0 Å². The van der Waals surface area contributed by atoms with Crippen molar-refractivity contribution >= 4 is 35.2 Å². The number of imide groups is 2. The Kier molecular flexibility index (Phi) is 5.88. The van der Waals surface area contributed by atoms with E-state index in [0.29, 0.717) is 29.2 Å². The van der Waals surface area contributed by atoms with Crippen LogP contribution >= 0.6 is 11.6 Å². The number of ketones is 1. The van der Waals surface area contributed by atoms with Gasteiger partial charge in [-0.1, -0.05) is 36.7 Å². The fourth-order valence-corrected chi connectivity index (χ4v) is 3.66. The lowest BCUT2D eigenvalue weighted by atomic mass is 10.1. The molecule has 0 saturated carbocycles. The zero-order chi connectivity index (χ0) is 21.3. The van der Waals surface area contributed by atoms with Gasteiger partial charge in [-0.15, -0.1) is 0 Å². The van der Waals surface area contributed by atoms with Crippen molar-refractivity contribution in [1.29, 1.82) is 0 Å². The Hall–Kier alpha value is -2.93. The third-order valence-electron chi connectivity index (χ3n) is 5.04. The van der Waals surface area contributed by atoms with Crippen molar-refractivity contribution < 1.29 is 19.2 Å². The average molecular weight is 416 g/mol. The number of Topliss-reactive ketones (excluding diaryl/α,β-unsaturated/α-hetero) is 1. The molecular formula is C21H22ClN3O4. The molecule has 0 bridgehead atoms. The van der Waals surface area contributed by atoms with E-state index in [2.05, 4.69) is 0 Å². The molecule has 1 fully saturated rings. The van der Waals surface area contributed by atoms with Gasteiger partial charge in [-0.2, -0.15) is 0 Å². The first-order valence-electron chi connectivity index (χ1n) is 9.36. The second kappa shape index (κ2) is 8.21. The Morgan fingerprint density at radius 3 is 2.34 bits per heavy atom. The van der Waals surface area contributed by atoms with Crippen molar-refractivity contribution in [1.82, 2.24) is 14.4 Å². The van der Waals surface area contributed by atoms with Gasteiger partial charge in [0.1, 0.15) is 0 Å². The molecule has 4 amide bonds. The molecule has 0 radical (unpaired) electrons. The first-order chi connectivity index (χ1) is 13.8. The number of amides is 4. The van der Waals surface area contributed by atoms with Gasteiger partial charge in [-0.3, -0.25) is 19.3 Å². The quantitative estimate of drug-likeness (QED) is 0.395. The number of rotatable bonds is 7. The molecule has 29 heavy (non-hydrogen) atoms. The highest BCUT2D eigenvalue weighted by Gasteiger charge is 2.44. The topological polar surface area (TPSA) is 79.7 Å². The van der Waals surface area contributed by atoms with E-state index in [4.69, 9.17) is 11.6 Å². The van der Waals surface area contributed by atoms with Crippen molar-refractivity contribution in [2.24, 2.45) is 0 Å². The van der Waals surface area contributed by atoms with Gasteiger partial charge < -0.3 is 4.57 Å². The fraction of sp³-hybridized carbons (Fsp3) is 0.333. The largest absolute Gasteiger partial charge is 0.344 e. The van der Waals surface area contributed by atoms with E-state index in [1.165, 1.54) is 0 Å². The third kappa shape index (κ3) is 3.82. The van der Waals surface area contributed by atoms with Gasteiger partial charge in [0.25, 0.3) is 0 Å². The summed E-state index contributed by atoms with van der Waals surface area (Å²) in [5, 5.41) is 0.635. The van der Waals surface area contributed by atoms with Gasteiger partial charge in [-0.05, 0) is 38.0 Å². The highest BCUT2D eigenvalue weighted by atomic mass is 35.5. The molecule has 1 saturated heterocycles. The first kappa shape index (κ1) is 20.8. The van der Waals surface area contributed by atoms with Crippen LogP contribution in [0.3, 0.4) is 0 Å². The maximum absolute atomic E-state index is 12.9. The minimum atomic E-state index is -0.957. The Morgan fingerprint density at radius 2 is 1.69 bits per heavy atom. The van der Waals surface area contributed by atoms with E-state index in [9.17, 15) is 19.2 Å². The zero-order valence-corrected chi connectivity index (χ0v) is 17.3. The lowest BCUT2D eigenvalue weighted by molar-refractivity contribution is -0.143. The molecule has 2 heterocycles. The molecule has 0 atom stereocenters. The summed E-state index contributed by atoms with van der Waals surface area (Å²) in [6.45, 7) is 5.67. The summed E-state index contributed by atoms with van der Waals surface area (Å²) in [5.74, 6) is -2.23. The van der Waals surface area contributed by atoms with Crippen LogP contribution < -0.4 is 0 Å². The second-order valence-corrected chi connectivity index (χ2v) is 7.42. The smallest absolute Gasteiger partial charge is 0.334 e. The normalized spacial score (nSPS) is 14.3. The molecule has 3 rings (SSSR count). The number of aromatic nitrogens is 1. The van der Waals surface area contributed by atoms with Crippen LogP contribution in [0.15, 0.2) is 30.3 Å². The standard InChI is InChI=1S/C21H22ClN3O4/c1-4-9-23-19(27)20(28)25(21(23)29)12-18(26)16-10-13(2)24(14(16)3)11-15-7-5-6-8-17(15)22/h5-8,10H,4,9,11-12H2,1-3H3. The third-order valence-corrected chi connectivity index (χ3v) is 5.41. The summed E-state index contributed by atoms with van der Waals surface area (Å²) < 4.78 is 1.95. The molecule has 0 aliphatic carbocycles. The van der Waals surface area contributed by atoms with Gasteiger partial charge in [0.05, 0.1) is 6.54 Å². The maximum atomic E-state index is 12.9. The number of carbonyl (C=O) groups excluding carboxylic acids is 4. The van der Waals surface area contributed by atoms with Crippen LogP contribution in [0.2, 0.25) is 5.02 Å². The summed E-state index contributed by atoms with van der Waals surface area (Å²) in [6.07, 6.45) is 0.537. The predicted molar refractivity (Wildman–Crippen MR) is 108 cm³/mol. The van der Waals surface area contributed by atoms with Crippen LogP contribution in [-0.4, -0.2) is 51.1 Å². The van der Waals surface area contributed by atoms with Gasteiger partial charge in [-0.25, -0.2) is 9.69 Å². The molecular weight excluding hydrogens is 394 g/mol. The molecule has 152 valence electrons. The van der Waals surface area contributed by atoms with E-state index >= 15 is 0 Å². The van der Waals surface area contributed by atoms with Crippen LogP contribution in [0.1, 0.15) is 40.7 Å². The van der Waals surface area contributed by atoms with E-state index < -0.39 is 30.2 Å². The number of urea groups is 1. The summed E-state index contributed by atoms with van der Waals surface area (Å²) in [7, 11) is 0. The highest BCUT2D eigenvalue weighted by Crippen LogP contribution is 2.22. The van der Waals surface area contributed by atoms with Crippen LogP contribution in [0.4, 0.5) is 4.79 Å². The van der Waals surface area contributed by atoms with E-state index in [1.54, 1.807) is 26.0 Å². The second-order valence-electron chi connectivity index (χ2n) is 7.02. The van der Waals surface area contributed by atoms with Crippen LogP contribution in [0, 0.1) is 13.8 Å². The number of hydrogen-bond donors (Lipinski definition) is 0. The molecule has 8 heteroatoms.